The standard InChI is InChI=1S/C12H9F2NO2S.ClH/c13-12(14)16-8-4-3-7(6-9(8)17-12)11(15)10-2-1-5-18-10;/h1-6,11H,15H2;1H/t11-;/m1./s1. The van der Waals surface area contributed by atoms with E-state index in [-0.39, 0.29) is 29.9 Å². The van der Waals surface area contributed by atoms with E-state index < -0.39 is 6.29 Å². The third-order valence-electron chi connectivity index (χ3n) is 2.63. The van der Waals surface area contributed by atoms with Gasteiger partial charge in [0.1, 0.15) is 0 Å². The van der Waals surface area contributed by atoms with E-state index in [9.17, 15) is 8.78 Å². The van der Waals surface area contributed by atoms with Crippen LogP contribution in [0.15, 0.2) is 35.7 Å². The van der Waals surface area contributed by atoms with E-state index >= 15 is 0 Å². The molecule has 0 saturated heterocycles. The number of thiophene rings is 1. The summed E-state index contributed by atoms with van der Waals surface area (Å²) in [5.74, 6) is 0.0478. The number of nitrogens with two attached hydrogens (primary N) is 1. The molecule has 1 atom stereocenters. The first-order valence-corrected chi connectivity index (χ1v) is 6.12. The largest absolute Gasteiger partial charge is 0.586 e. The molecule has 0 bridgehead atoms. The summed E-state index contributed by atoms with van der Waals surface area (Å²) in [6, 6.07) is 8.02. The Kier molecular flexibility index (Phi) is 3.66. The van der Waals surface area contributed by atoms with Gasteiger partial charge in [0.15, 0.2) is 11.5 Å². The average molecular weight is 306 g/mol. The Morgan fingerprint density at radius 2 is 1.89 bits per heavy atom. The smallest absolute Gasteiger partial charge is 0.395 e. The van der Waals surface area contributed by atoms with Gasteiger partial charge in [-0.1, -0.05) is 12.1 Å². The fraction of sp³-hybridized carbons (Fsp3) is 0.167. The molecule has 0 saturated carbocycles. The zero-order valence-electron chi connectivity index (χ0n) is 9.51. The molecule has 7 heteroatoms. The van der Waals surface area contributed by atoms with Crippen LogP contribution in [0.3, 0.4) is 0 Å². The van der Waals surface area contributed by atoms with Crippen LogP contribution in [0.25, 0.3) is 0 Å². The number of hydrogen-bond donors (Lipinski definition) is 1. The van der Waals surface area contributed by atoms with Gasteiger partial charge in [-0.15, -0.1) is 32.5 Å². The summed E-state index contributed by atoms with van der Waals surface area (Å²) >= 11 is 1.51. The predicted molar refractivity (Wildman–Crippen MR) is 70.2 cm³/mol. The first-order chi connectivity index (χ1) is 8.55. The average Bonchev–Trinajstić information content (AvgIpc) is 2.91. The highest BCUT2D eigenvalue weighted by molar-refractivity contribution is 7.10. The van der Waals surface area contributed by atoms with Crippen LogP contribution in [0.4, 0.5) is 8.78 Å². The minimum Gasteiger partial charge on any atom is -0.395 e. The maximum Gasteiger partial charge on any atom is 0.586 e. The Labute approximate surface area is 118 Å². The first kappa shape index (κ1) is 14.0. The number of rotatable bonds is 2. The number of hydrogen-bond acceptors (Lipinski definition) is 4. The van der Waals surface area contributed by atoms with Crippen LogP contribution in [-0.2, 0) is 0 Å². The van der Waals surface area contributed by atoms with E-state index in [0.29, 0.717) is 5.56 Å². The summed E-state index contributed by atoms with van der Waals surface area (Å²) in [5.41, 5.74) is 6.75. The van der Waals surface area contributed by atoms with Crippen molar-refractivity contribution in [1.82, 2.24) is 0 Å². The highest BCUT2D eigenvalue weighted by Gasteiger charge is 2.43. The number of benzene rings is 1. The molecule has 1 aromatic carbocycles. The van der Waals surface area contributed by atoms with Gasteiger partial charge >= 0.3 is 6.29 Å². The lowest BCUT2D eigenvalue weighted by Gasteiger charge is -2.10. The summed E-state index contributed by atoms with van der Waals surface area (Å²) in [5, 5.41) is 1.91. The Morgan fingerprint density at radius 1 is 1.16 bits per heavy atom. The third-order valence-corrected chi connectivity index (χ3v) is 3.59. The summed E-state index contributed by atoms with van der Waals surface area (Å²) in [6.45, 7) is 0. The molecule has 0 unspecified atom stereocenters. The minimum atomic E-state index is -3.59. The molecule has 0 spiro atoms. The number of fused-ring (bicyclic) bond motifs is 1. The molecule has 3 nitrogen and oxygen atoms in total. The lowest BCUT2D eigenvalue weighted by atomic mass is 10.1. The Morgan fingerprint density at radius 3 is 2.58 bits per heavy atom. The molecule has 2 aromatic rings. The lowest BCUT2D eigenvalue weighted by molar-refractivity contribution is -0.286. The molecule has 3 rings (SSSR count). The van der Waals surface area contributed by atoms with Crippen LogP contribution in [0.5, 0.6) is 11.5 Å². The fourth-order valence-electron chi connectivity index (χ4n) is 1.79. The number of ether oxygens (including phenoxy) is 2. The van der Waals surface area contributed by atoms with Crippen molar-refractivity contribution < 1.29 is 18.3 Å². The van der Waals surface area contributed by atoms with Crippen molar-refractivity contribution in [3.05, 3.63) is 46.2 Å². The van der Waals surface area contributed by atoms with Gasteiger partial charge in [-0.2, -0.15) is 0 Å². The van der Waals surface area contributed by atoms with E-state index in [2.05, 4.69) is 9.47 Å². The Hall–Kier alpha value is -1.37. The quantitative estimate of drug-likeness (QED) is 0.923. The van der Waals surface area contributed by atoms with Crippen molar-refractivity contribution >= 4 is 23.7 Å². The number of halogens is 3. The Balaban J connectivity index is 0.00000133. The number of alkyl halides is 2. The summed E-state index contributed by atoms with van der Waals surface area (Å²) in [7, 11) is 0. The monoisotopic (exact) mass is 305 g/mol. The molecule has 0 radical (unpaired) electrons. The molecule has 1 aliphatic heterocycles. The van der Waals surface area contributed by atoms with Crippen LogP contribution < -0.4 is 15.2 Å². The molecular weight excluding hydrogens is 296 g/mol. The second kappa shape index (κ2) is 4.96. The van der Waals surface area contributed by atoms with Crippen molar-refractivity contribution in [1.29, 1.82) is 0 Å². The molecular formula is C12H10ClF2NO2S. The van der Waals surface area contributed by atoms with E-state index in [1.807, 2.05) is 17.5 Å². The van der Waals surface area contributed by atoms with Gasteiger partial charge < -0.3 is 15.2 Å². The maximum absolute atomic E-state index is 12.9. The minimum absolute atomic E-state index is 0. The van der Waals surface area contributed by atoms with Gasteiger partial charge in [-0.25, -0.2) is 0 Å². The van der Waals surface area contributed by atoms with E-state index in [1.54, 1.807) is 6.07 Å². The molecule has 2 N–H and O–H groups in total. The van der Waals surface area contributed by atoms with Gasteiger partial charge in [0, 0.05) is 4.88 Å². The third kappa shape index (κ3) is 2.65. The molecule has 19 heavy (non-hydrogen) atoms. The van der Waals surface area contributed by atoms with Crippen LogP contribution in [0, 0.1) is 0 Å². The lowest BCUT2D eigenvalue weighted by Crippen LogP contribution is -2.25. The highest BCUT2D eigenvalue weighted by atomic mass is 35.5. The molecule has 0 aliphatic carbocycles. The zero-order valence-corrected chi connectivity index (χ0v) is 11.1. The topological polar surface area (TPSA) is 44.5 Å². The van der Waals surface area contributed by atoms with Crippen LogP contribution >= 0.6 is 23.7 Å². The fourth-order valence-corrected chi connectivity index (χ4v) is 2.55. The molecule has 0 amide bonds. The van der Waals surface area contributed by atoms with E-state index in [4.69, 9.17) is 5.73 Å². The zero-order chi connectivity index (χ0) is 12.8. The second-order valence-electron chi connectivity index (χ2n) is 3.87. The second-order valence-corrected chi connectivity index (χ2v) is 4.85. The van der Waals surface area contributed by atoms with Crippen LogP contribution in [0.2, 0.25) is 0 Å². The van der Waals surface area contributed by atoms with Crippen molar-refractivity contribution in [3.8, 4) is 11.5 Å². The highest BCUT2D eigenvalue weighted by Crippen LogP contribution is 2.42. The molecule has 1 aliphatic rings. The first-order valence-electron chi connectivity index (χ1n) is 5.24. The van der Waals surface area contributed by atoms with Crippen molar-refractivity contribution in [2.24, 2.45) is 5.73 Å². The summed E-state index contributed by atoms with van der Waals surface area (Å²) < 4.78 is 34.5. The summed E-state index contributed by atoms with van der Waals surface area (Å²) in [6.07, 6.45) is -3.59. The van der Waals surface area contributed by atoms with Crippen LogP contribution in [0.1, 0.15) is 16.5 Å². The normalized spacial score (nSPS) is 16.8. The molecule has 0 fully saturated rings. The van der Waals surface area contributed by atoms with E-state index in [1.165, 1.54) is 23.5 Å². The Bertz CT molecular complexity index is 577. The van der Waals surface area contributed by atoms with Gasteiger partial charge in [0.25, 0.3) is 0 Å². The van der Waals surface area contributed by atoms with Crippen molar-refractivity contribution in [2.75, 3.05) is 0 Å². The van der Waals surface area contributed by atoms with E-state index in [0.717, 1.165) is 4.88 Å². The van der Waals surface area contributed by atoms with Gasteiger partial charge in [-0.3, -0.25) is 0 Å². The van der Waals surface area contributed by atoms with Crippen LogP contribution in [-0.4, -0.2) is 6.29 Å². The molecule has 1 aromatic heterocycles. The predicted octanol–water partition coefficient (Wildman–Crippen LogP) is 3.54. The SMILES string of the molecule is Cl.N[C@H](c1ccc2c(c1)OC(F)(F)O2)c1cccs1. The van der Waals surface area contributed by atoms with Gasteiger partial charge in [0.05, 0.1) is 6.04 Å². The molecule has 102 valence electrons. The van der Waals surface area contributed by atoms with Gasteiger partial charge in [0.2, 0.25) is 0 Å². The van der Waals surface area contributed by atoms with Crippen molar-refractivity contribution in [2.45, 2.75) is 12.3 Å². The summed E-state index contributed by atoms with van der Waals surface area (Å²) in [4.78, 5) is 0.959. The molecule has 2 heterocycles. The maximum atomic E-state index is 12.9. The van der Waals surface area contributed by atoms with Gasteiger partial charge in [-0.05, 0) is 29.1 Å². The van der Waals surface area contributed by atoms with Crippen molar-refractivity contribution in [3.63, 3.8) is 0 Å².